The summed E-state index contributed by atoms with van der Waals surface area (Å²) in [5, 5.41) is 7.50. The van der Waals surface area contributed by atoms with Crippen molar-refractivity contribution in [3.63, 3.8) is 0 Å². The molecule has 0 aromatic heterocycles. The number of imide groups is 1. The Kier molecular flexibility index (Phi) is 5.51. The Hall–Kier alpha value is -2.80. The number of hydrogen-bond donors (Lipinski definition) is 3. The molecule has 4 amide bonds. The van der Waals surface area contributed by atoms with Gasteiger partial charge in [-0.1, -0.05) is 42.5 Å². The number of carbonyl (C=O) groups excluding carboxylic acids is 3. The fourth-order valence-electron chi connectivity index (χ4n) is 2.77. The van der Waals surface area contributed by atoms with Crippen molar-refractivity contribution in [3.05, 3.63) is 65.7 Å². The lowest BCUT2D eigenvalue weighted by Crippen LogP contribution is -2.40. The second-order valence-corrected chi connectivity index (χ2v) is 7.87. The SMILES string of the molecule is C[C@@H](SCc1ccccc1)C(=O)Nc1cccc([C@@]2(C)NC(=O)NC2=O)c1. The molecule has 27 heavy (non-hydrogen) atoms. The lowest BCUT2D eigenvalue weighted by atomic mass is 9.92. The second kappa shape index (κ2) is 7.84. The van der Waals surface area contributed by atoms with E-state index in [4.69, 9.17) is 0 Å². The molecule has 3 rings (SSSR count). The smallest absolute Gasteiger partial charge is 0.322 e. The number of anilines is 1. The molecule has 1 heterocycles. The van der Waals surface area contributed by atoms with Crippen LogP contribution in [0.25, 0.3) is 0 Å². The average molecular weight is 383 g/mol. The highest BCUT2D eigenvalue weighted by molar-refractivity contribution is 7.99. The van der Waals surface area contributed by atoms with Gasteiger partial charge in [0, 0.05) is 11.4 Å². The highest BCUT2D eigenvalue weighted by Gasteiger charge is 2.43. The molecule has 0 radical (unpaired) electrons. The van der Waals surface area contributed by atoms with Crippen molar-refractivity contribution in [1.29, 1.82) is 0 Å². The normalized spacial score (nSPS) is 19.9. The first-order valence-electron chi connectivity index (χ1n) is 8.59. The molecule has 140 valence electrons. The molecule has 1 fully saturated rings. The van der Waals surface area contributed by atoms with E-state index in [1.807, 2.05) is 37.3 Å². The average Bonchev–Trinajstić information content (AvgIpc) is 2.93. The highest BCUT2D eigenvalue weighted by atomic mass is 32.2. The van der Waals surface area contributed by atoms with E-state index >= 15 is 0 Å². The van der Waals surface area contributed by atoms with Gasteiger partial charge in [-0.25, -0.2) is 4.79 Å². The number of amides is 4. The zero-order valence-electron chi connectivity index (χ0n) is 15.1. The van der Waals surface area contributed by atoms with Gasteiger partial charge in [0.25, 0.3) is 5.91 Å². The van der Waals surface area contributed by atoms with Gasteiger partial charge in [-0.15, -0.1) is 11.8 Å². The third-order valence-electron chi connectivity index (χ3n) is 4.46. The Bertz CT molecular complexity index is 872. The van der Waals surface area contributed by atoms with Crippen LogP contribution in [0.5, 0.6) is 0 Å². The molecule has 0 saturated carbocycles. The molecule has 2 aromatic rings. The minimum atomic E-state index is -1.15. The number of urea groups is 1. The Labute approximate surface area is 162 Å². The largest absolute Gasteiger partial charge is 0.325 e. The van der Waals surface area contributed by atoms with Gasteiger partial charge in [0.1, 0.15) is 5.54 Å². The van der Waals surface area contributed by atoms with E-state index in [1.54, 1.807) is 43.0 Å². The summed E-state index contributed by atoms with van der Waals surface area (Å²) in [5.74, 6) is 0.223. The van der Waals surface area contributed by atoms with Gasteiger partial charge in [-0.3, -0.25) is 14.9 Å². The minimum Gasteiger partial charge on any atom is -0.325 e. The number of rotatable bonds is 6. The Morgan fingerprint density at radius 1 is 1.15 bits per heavy atom. The maximum Gasteiger partial charge on any atom is 0.322 e. The van der Waals surface area contributed by atoms with Crippen LogP contribution >= 0.6 is 11.8 Å². The lowest BCUT2D eigenvalue weighted by molar-refractivity contribution is -0.123. The Balaban J connectivity index is 1.64. The standard InChI is InChI=1S/C20H21N3O3S/c1-13(27-12-14-7-4-3-5-8-14)17(24)21-16-10-6-9-15(11-16)20(2)18(25)22-19(26)23-20/h3-11,13H,12H2,1-2H3,(H,21,24)(H2,22,23,25,26)/t13-,20-/m1/s1. The van der Waals surface area contributed by atoms with Gasteiger partial charge in [-0.2, -0.15) is 0 Å². The predicted octanol–water partition coefficient (Wildman–Crippen LogP) is 3.00. The predicted molar refractivity (Wildman–Crippen MR) is 106 cm³/mol. The molecule has 3 N–H and O–H groups in total. The van der Waals surface area contributed by atoms with Gasteiger partial charge in [0.05, 0.1) is 5.25 Å². The minimum absolute atomic E-state index is 0.113. The molecule has 2 atom stereocenters. The van der Waals surface area contributed by atoms with Gasteiger partial charge < -0.3 is 10.6 Å². The molecule has 0 spiro atoms. The van der Waals surface area contributed by atoms with E-state index in [0.717, 1.165) is 5.75 Å². The second-order valence-electron chi connectivity index (χ2n) is 6.54. The van der Waals surface area contributed by atoms with Crippen LogP contribution in [0, 0.1) is 0 Å². The number of carbonyl (C=O) groups is 3. The first-order chi connectivity index (χ1) is 12.9. The lowest BCUT2D eigenvalue weighted by Gasteiger charge is -2.22. The van der Waals surface area contributed by atoms with Crippen LogP contribution < -0.4 is 16.0 Å². The summed E-state index contributed by atoms with van der Waals surface area (Å²) in [4.78, 5) is 36.0. The van der Waals surface area contributed by atoms with Gasteiger partial charge in [-0.05, 0) is 37.1 Å². The molecule has 7 heteroatoms. The summed E-state index contributed by atoms with van der Waals surface area (Å²) in [6, 6.07) is 16.4. The zero-order valence-corrected chi connectivity index (χ0v) is 15.9. The quantitative estimate of drug-likeness (QED) is 0.669. The maximum atomic E-state index is 12.5. The van der Waals surface area contributed by atoms with Crippen molar-refractivity contribution in [1.82, 2.24) is 10.6 Å². The summed E-state index contributed by atoms with van der Waals surface area (Å²) < 4.78 is 0. The van der Waals surface area contributed by atoms with Crippen molar-refractivity contribution < 1.29 is 14.4 Å². The van der Waals surface area contributed by atoms with E-state index in [0.29, 0.717) is 11.3 Å². The summed E-state index contributed by atoms with van der Waals surface area (Å²) in [6.07, 6.45) is 0. The van der Waals surface area contributed by atoms with Crippen LogP contribution in [0.15, 0.2) is 54.6 Å². The maximum absolute atomic E-state index is 12.5. The molecule has 1 aliphatic rings. The molecular formula is C20H21N3O3S. The van der Waals surface area contributed by atoms with E-state index in [9.17, 15) is 14.4 Å². The third kappa shape index (κ3) is 4.31. The molecular weight excluding hydrogens is 362 g/mol. The topological polar surface area (TPSA) is 87.3 Å². The van der Waals surface area contributed by atoms with Crippen molar-refractivity contribution >= 4 is 35.3 Å². The van der Waals surface area contributed by atoms with Gasteiger partial charge in [0.2, 0.25) is 5.91 Å². The van der Waals surface area contributed by atoms with Crippen LogP contribution in [-0.2, 0) is 20.9 Å². The Morgan fingerprint density at radius 3 is 2.56 bits per heavy atom. The Morgan fingerprint density at radius 2 is 1.89 bits per heavy atom. The van der Waals surface area contributed by atoms with Crippen molar-refractivity contribution in [3.8, 4) is 0 Å². The number of thioether (sulfide) groups is 1. The summed E-state index contributed by atoms with van der Waals surface area (Å²) in [5.41, 5.74) is 1.21. The van der Waals surface area contributed by atoms with E-state index in [-0.39, 0.29) is 11.2 Å². The highest BCUT2D eigenvalue weighted by Crippen LogP contribution is 2.27. The first-order valence-corrected chi connectivity index (χ1v) is 9.64. The fraction of sp³-hybridized carbons (Fsp3) is 0.250. The summed E-state index contributed by atoms with van der Waals surface area (Å²) >= 11 is 1.55. The molecule has 2 aromatic carbocycles. The van der Waals surface area contributed by atoms with E-state index < -0.39 is 17.5 Å². The zero-order chi connectivity index (χ0) is 19.4. The number of nitrogens with one attached hydrogen (secondary N) is 3. The monoisotopic (exact) mass is 383 g/mol. The van der Waals surface area contributed by atoms with Crippen LogP contribution in [0.2, 0.25) is 0 Å². The van der Waals surface area contributed by atoms with Crippen LogP contribution in [-0.4, -0.2) is 23.1 Å². The van der Waals surface area contributed by atoms with Crippen LogP contribution in [0.1, 0.15) is 25.0 Å². The molecule has 0 unspecified atom stereocenters. The van der Waals surface area contributed by atoms with Gasteiger partial charge >= 0.3 is 6.03 Å². The van der Waals surface area contributed by atoms with Crippen LogP contribution in [0.4, 0.5) is 10.5 Å². The fourth-order valence-corrected chi connectivity index (χ4v) is 3.61. The van der Waals surface area contributed by atoms with E-state index in [1.165, 1.54) is 5.56 Å². The van der Waals surface area contributed by atoms with E-state index in [2.05, 4.69) is 16.0 Å². The summed E-state index contributed by atoms with van der Waals surface area (Å²) in [7, 11) is 0. The van der Waals surface area contributed by atoms with Crippen LogP contribution in [0.3, 0.4) is 0 Å². The van der Waals surface area contributed by atoms with Crippen molar-refractivity contribution in [2.24, 2.45) is 0 Å². The van der Waals surface area contributed by atoms with Crippen molar-refractivity contribution in [2.45, 2.75) is 30.4 Å². The molecule has 6 nitrogen and oxygen atoms in total. The molecule has 0 bridgehead atoms. The molecule has 1 aliphatic heterocycles. The number of hydrogen-bond acceptors (Lipinski definition) is 4. The molecule has 0 aliphatic carbocycles. The molecule has 1 saturated heterocycles. The first kappa shape index (κ1) is 19.0. The third-order valence-corrected chi connectivity index (χ3v) is 5.68. The van der Waals surface area contributed by atoms with Crippen molar-refractivity contribution in [2.75, 3.05) is 5.32 Å². The number of benzene rings is 2. The van der Waals surface area contributed by atoms with Gasteiger partial charge in [0.15, 0.2) is 0 Å². The summed E-state index contributed by atoms with van der Waals surface area (Å²) in [6.45, 7) is 3.49.